The first kappa shape index (κ1) is 11.5. The summed E-state index contributed by atoms with van der Waals surface area (Å²) < 4.78 is 6.78. The van der Waals surface area contributed by atoms with Crippen molar-refractivity contribution in [2.45, 2.75) is 12.5 Å². The van der Waals surface area contributed by atoms with E-state index in [0.717, 1.165) is 10.0 Å². The van der Waals surface area contributed by atoms with E-state index in [9.17, 15) is 4.79 Å². The zero-order chi connectivity index (χ0) is 12.5. The molecule has 0 N–H and O–H groups in total. The molecule has 2 nitrogen and oxygen atoms in total. The SMILES string of the molecule is O=C1CC(c2ccccc2)Oc2c(Br)cccc21. The van der Waals surface area contributed by atoms with Crippen LogP contribution in [0.2, 0.25) is 0 Å². The lowest BCUT2D eigenvalue weighted by Gasteiger charge is -2.26. The summed E-state index contributed by atoms with van der Waals surface area (Å²) >= 11 is 3.43. The molecule has 0 radical (unpaired) electrons. The van der Waals surface area contributed by atoms with Gasteiger partial charge in [-0.05, 0) is 33.6 Å². The van der Waals surface area contributed by atoms with Crippen LogP contribution in [0.5, 0.6) is 5.75 Å². The molecule has 3 heteroatoms. The third kappa shape index (κ3) is 1.95. The highest BCUT2D eigenvalue weighted by molar-refractivity contribution is 9.10. The predicted molar refractivity (Wildman–Crippen MR) is 72.9 cm³/mol. The molecule has 1 aliphatic heterocycles. The monoisotopic (exact) mass is 302 g/mol. The van der Waals surface area contributed by atoms with Gasteiger partial charge in [-0.25, -0.2) is 0 Å². The third-order valence-corrected chi connectivity index (χ3v) is 3.69. The van der Waals surface area contributed by atoms with Crippen LogP contribution in [-0.2, 0) is 0 Å². The zero-order valence-electron chi connectivity index (χ0n) is 9.60. The summed E-state index contributed by atoms with van der Waals surface area (Å²) in [5, 5.41) is 0. The summed E-state index contributed by atoms with van der Waals surface area (Å²) in [5.41, 5.74) is 1.70. The fraction of sp³-hybridized carbons (Fsp3) is 0.133. The zero-order valence-corrected chi connectivity index (χ0v) is 11.2. The van der Waals surface area contributed by atoms with Crippen LogP contribution < -0.4 is 4.74 Å². The van der Waals surface area contributed by atoms with E-state index in [1.165, 1.54) is 0 Å². The number of para-hydroxylation sites is 1. The van der Waals surface area contributed by atoms with Crippen molar-refractivity contribution < 1.29 is 9.53 Å². The lowest BCUT2D eigenvalue weighted by Crippen LogP contribution is -2.20. The van der Waals surface area contributed by atoms with Gasteiger partial charge in [-0.2, -0.15) is 0 Å². The molecular weight excluding hydrogens is 292 g/mol. The minimum atomic E-state index is -0.190. The molecule has 0 spiro atoms. The Balaban J connectivity index is 2.01. The second-order valence-corrected chi connectivity index (χ2v) is 5.12. The number of ether oxygens (including phenoxy) is 1. The van der Waals surface area contributed by atoms with Gasteiger partial charge in [0.2, 0.25) is 0 Å². The van der Waals surface area contributed by atoms with E-state index >= 15 is 0 Å². The predicted octanol–water partition coefficient (Wildman–Crippen LogP) is 4.16. The first-order chi connectivity index (χ1) is 8.75. The van der Waals surface area contributed by atoms with Crippen molar-refractivity contribution in [3.8, 4) is 5.75 Å². The van der Waals surface area contributed by atoms with Gasteiger partial charge in [0, 0.05) is 0 Å². The molecule has 0 aromatic heterocycles. The highest BCUT2D eigenvalue weighted by Crippen LogP contribution is 2.39. The molecule has 1 aliphatic rings. The molecule has 1 atom stereocenters. The fourth-order valence-electron chi connectivity index (χ4n) is 2.16. The minimum Gasteiger partial charge on any atom is -0.483 e. The number of hydrogen-bond donors (Lipinski definition) is 0. The Morgan fingerprint density at radius 1 is 1.06 bits per heavy atom. The molecule has 0 amide bonds. The van der Waals surface area contributed by atoms with Crippen molar-refractivity contribution in [1.82, 2.24) is 0 Å². The molecule has 0 saturated carbocycles. The molecule has 0 bridgehead atoms. The number of rotatable bonds is 1. The van der Waals surface area contributed by atoms with Gasteiger partial charge >= 0.3 is 0 Å². The maximum Gasteiger partial charge on any atom is 0.170 e. The van der Waals surface area contributed by atoms with E-state index in [2.05, 4.69) is 15.9 Å². The first-order valence-electron chi connectivity index (χ1n) is 5.79. The summed E-state index contributed by atoms with van der Waals surface area (Å²) in [4.78, 5) is 12.1. The highest BCUT2D eigenvalue weighted by Gasteiger charge is 2.28. The van der Waals surface area contributed by atoms with Crippen molar-refractivity contribution >= 4 is 21.7 Å². The minimum absolute atomic E-state index is 0.131. The molecule has 0 aliphatic carbocycles. The maximum absolute atomic E-state index is 12.1. The lowest BCUT2D eigenvalue weighted by molar-refractivity contribution is 0.0848. The molecule has 2 aromatic carbocycles. The summed E-state index contributed by atoms with van der Waals surface area (Å²) in [6.07, 6.45) is 0.206. The Labute approximate surface area is 114 Å². The summed E-state index contributed by atoms with van der Waals surface area (Å²) in [6.45, 7) is 0. The molecule has 3 rings (SSSR count). The largest absolute Gasteiger partial charge is 0.483 e. The van der Waals surface area contributed by atoms with E-state index < -0.39 is 0 Å². The van der Waals surface area contributed by atoms with E-state index in [4.69, 9.17) is 4.74 Å². The van der Waals surface area contributed by atoms with E-state index in [1.54, 1.807) is 0 Å². The van der Waals surface area contributed by atoms with Gasteiger partial charge in [0.1, 0.15) is 11.9 Å². The van der Waals surface area contributed by atoms with Crippen molar-refractivity contribution in [2.24, 2.45) is 0 Å². The van der Waals surface area contributed by atoms with Crippen LogP contribution in [0.1, 0.15) is 28.4 Å². The summed E-state index contributed by atoms with van der Waals surface area (Å²) in [6, 6.07) is 15.4. The second kappa shape index (κ2) is 4.58. The smallest absolute Gasteiger partial charge is 0.170 e. The van der Waals surface area contributed by atoms with Crippen molar-refractivity contribution in [1.29, 1.82) is 0 Å². The molecule has 18 heavy (non-hydrogen) atoms. The Morgan fingerprint density at radius 3 is 2.61 bits per heavy atom. The lowest BCUT2D eigenvalue weighted by atomic mass is 9.96. The van der Waals surface area contributed by atoms with Crippen molar-refractivity contribution in [3.63, 3.8) is 0 Å². The number of ketones is 1. The first-order valence-corrected chi connectivity index (χ1v) is 6.58. The Kier molecular flexibility index (Phi) is 2.92. The molecule has 1 unspecified atom stereocenters. The number of carbonyl (C=O) groups excluding carboxylic acids is 1. The number of carbonyl (C=O) groups is 1. The maximum atomic E-state index is 12.1. The standard InChI is InChI=1S/C15H11BrO2/c16-12-8-4-7-11-13(17)9-14(18-15(11)12)10-5-2-1-3-6-10/h1-8,14H,9H2. The van der Waals surface area contributed by atoms with E-state index in [1.807, 2.05) is 48.5 Å². The molecule has 1 heterocycles. The topological polar surface area (TPSA) is 26.3 Å². The van der Waals surface area contributed by atoms with E-state index in [0.29, 0.717) is 17.7 Å². The van der Waals surface area contributed by atoms with Gasteiger partial charge in [0.05, 0.1) is 16.5 Å². The van der Waals surface area contributed by atoms with Gasteiger partial charge in [-0.1, -0.05) is 36.4 Å². The van der Waals surface area contributed by atoms with Crippen LogP contribution in [0.25, 0.3) is 0 Å². The molecule has 2 aromatic rings. The van der Waals surface area contributed by atoms with Crippen LogP contribution >= 0.6 is 15.9 Å². The van der Waals surface area contributed by atoms with Gasteiger partial charge in [-0.15, -0.1) is 0 Å². The number of hydrogen-bond acceptors (Lipinski definition) is 2. The highest BCUT2D eigenvalue weighted by atomic mass is 79.9. The number of benzene rings is 2. The van der Waals surface area contributed by atoms with Gasteiger partial charge < -0.3 is 4.74 Å². The van der Waals surface area contributed by atoms with Crippen LogP contribution in [0.4, 0.5) is 0 Å². The Bertz CT molecular complexity index is 593. The average Bonchev–Trinajstić information content (AvgIpc) is 2.41. The van der Waals surface area contributed by atoms with Crippen LogP contribution in [0.15, 0.2) is 53.0 Å². The molecular formula is C15H11BrO2. The van der Waals surface area contributed by atoms with Crippen LogP contribution in [-0.4, -0.2) is 5.78 Å². The quantitative estimate of drug-likeness (QED) is 0.791. The number of fused-ring (bicyclic) bond motifs is 1. The van der Waals surface area contributed by atoms with Gasteiger partial charge in [0.15, 0.2) is 5.78 Å². The van der Waals surface area contributed by atoms with Crippen LogP contribution in [0.3, 0.4) is 0 Å². The summed E-state index contributed by atoms with van der Waals surface area (Å²) in [7, 11) is 0. The van der Waals surface area contributed by atoms with Crippen molar-refractivity contribution in [2.75, 3.05) is 0 Å². The molecule has 0 saturated heterocycles. The molecule has 0 fully saturated rings. The third-order valence-electron chi connectivity index (χ3n) is 3.07. The van der Waals surface area contributed by atoms with Gasteiger partial charge in [-0.3, -0.25) is 4.79 Å². The van der Waals surface area contributed by atoms with Crippen LogP contribution in [0, 0.1) is 0 Å². The van der Waals surface area contributed by atoms with E-state index in [-0.39, 0.29) is 11.9 Å². The number of Topliss-reactive ketones (excluding diaryl/α,β-unsaturated/α-hetero) is 1. The van der Waals surface area contributed by atoms with Gasteiger partial charge in [0.25, 0.3) is 0 Å². The normalized spacial score (nSPS) is 18.1. The van der Waals surface area contributed by atoms with Crippen molar-refractivity contribution in [3.05, 3.63) is 64.1 Å². The second-order valence-electron chi connectivity index (χ2n) is 4.26. The summed E-state index contributed by atoms with van der Waals surface area (Å²) in [5.74, 6) is 0.786. The Hall–Kier alpha value is -1.61. The fourth-order valence-corrected chi connectivity index (χ4v) is 2.62. The number of halogens is 1. The average molecular weight is 303 g/mol. The Morgan fingerprint density at radius 2 is 1.83 bits per heavy atom. The molecule has 90 valence electrons.